The van der Waals surface area contributed by atoms with Gasteiger partial charge in [0.25, 0.3) is 11.5 Å². The molecule has 4 rings (SSSR count). The van der Waals surface area contributed by atoms with E-state index in [2.05, 4.69) is 20.4 Å². The molecule has 1 saturated carbocycles. The number of ether oxygens (including phenoxy) is 1. The van der Waals surface area contributed by atoms with Crippen molar-refractivity contribution in [3.63, 3.8) is 0 Å². The van der Waals surface area contributed by atoms with Crippen LogP contribution in [-0.2, 0) is 21.4 Å². The van der Waals surface area contributed by atoms with E-state index in [1.54, 1.807) is 21.8 Å². The molecule has 2 aliphatic rings. The van der Waals surface area contributed by atoms with Gasteiger partial charge in [0, 0.05) is 50.2 Å². The Labute approximate surface area is 212 Å². The number of nitrogens with one attached hydrogen (secondary N) is 2. The fourth-order valence-electron chi connectivity index (χ4n) is 4.09. The smallest absolute Gasteiger partial charge is 0.379 e. The van der Waals surface area contributed by atoms with E-state index in [0.29, 0.717) is 26.2 Å². The molecule has 16 heteroatoms. The third-order valence-corrected chi connectivity index (χ3v) is 6.30. The summed E-state index contributed by atoms with van der Waals surface area (Å²) in [6, 6.07) is -0.608. The Morgan fingerprint density at radius 3 is 2.37 bits per heavy atom. The lowest BCUT2D eigenvalue weighted by Gasteiger charge is -2.34. The van der Waals surface area contributed by atoms with E-state index in [1.165, 1.54) is 0 Å². The second kappa shape index (κ2) is 10.4. The van der Waals surface area contributed by atoms with Crippen molar-refractivity contribution in [2.24, 2.45) is 0 Å². The lowest BCUT2D eigenvalue weighted by atomic mass is 10.2. The predicted molar refractivity (Wildman–Crippen MR) is 122 cm³/mol. The molecular weight excluding hydrogens is 524 g/mol. The van der Waals surface area contributed by atoms with Crippen LogP contribution in [0.3, 0.4) is 0 Å². The normalized spacial score (nSPS) is 21.8. The standard InChI is InChI=1S/C22H25F6N7O3/c1-13(32-15-10-31-33-18(37)17(15)22(26,27)28)11-38-7-2-16(36)34-3-5-35(6-4-34)19-29-8-14(9-30-19)20(23)12-21(20,24)25/h8-10,13H,2-7,11-12H2,1H3,(H2,32,33,37)/t13-,20?/m0/s1. The second-order valence-corrected chi connectivity index (χ2v) is 9.18. The number of halogens is 6. The minimum Gasteiger partial charge on any atom is -0.379 e. The van der Waals surface area contributed by atoms with Gasteiger partial charge < -0.3 is 19.9 Å². The number of hydrogen-bond donors (Lipinski definition) is 2. The molecule has 0 aromatic carbocycles. The zero-order chi connectivity index (χ0) is 27.7. The van der Waals surface area contributed by atoms with Crippen LogP contribution in [0.15, 0.2) is 23.4 Å². The Hall–Kier alpha value is -3.43. The van der Waals surface area contributed by atoms with Gasteiger partial charge in [-0.25, -0.2) is 28.2 Å². The van der Waals surface area contributed by atoms with Gasteiger partial charge in [-0.2, -0.15) is 18.3 Å². The first kappa shape index (κ1) is 27.6. The summed E-state index contributed by atoms with van der Waals surface area (Å²) in [7, 11) is 0. The average molecular weight is 549 g/mol. The van der Waals surface area contributed by atoms with E-state index < -0.39 is 47.0 Å². The predicted octanol–water partition coefficient (Wildman–Crippen LogP) is 2.34. The number of piperazine rings is 1. The molecule has 1 amide bonds. The Kier molecular flexibility index (Phi) is 7.54. The van der Waals surface area contributed by atoms with Crippen LogP contribution < -0.4 is 15.8 Å². The third-order valence-electron chi connectivity index (χ3n) is 6.30. The van der Waals surface area contributed by atoms with Crippen molar-refractivity contribution in [1.29, 1.82) is 0 Å². The number of amides is 1. The second-order valence-electron chi connectivity index (χ2n) is 9.18. The average Bonchev–Trinajstić information content (AvgIpc) is 3.39. The Bertz CT molecular complexity index is 1200. The van der Waals surface area contributed by atoms with Gasteiger partial charge in [0.15, 0.2) is 0 Å². The number of carbonyl (C=O) groups is 1. The number of hydrogen-bond acceptors (Lipinski definition) is 8. The molecule has 0 bridgehead atoms. The van der Waals surface area contributed by atoms with E-state index in [4.69, 9.17) is 4.74 Å². The third kappa shape index (κ3) is 5.84. The van der Waals surface area contributed by atoms with Crippen molar-refractivity contribution in [1.82, 2.24) is 25.1 Å². The summed E-state index contributed by atoms with van der Waals surface area (Å²) in [5.74, 6) is -3.34. The van der Waals surface area contributed by atoms with Crippen molar-refractivity contribution < 1.29 is 35.9 Å². The highest BCUT2D eigenvalue weighted by Crippen LogP contribution is 2.62. The molecule has 38 heavy (non-hydrogen) atoms. The molecule has 2 fully saturated rings. The number of rotatable bonds is 9. The van der Waals surface area contributed by atoms with Gasteiger partial charge in [-0.3, -0.25) is 9.59 Å². The number of aromatic nitrogens is 4. The Balaban J connectivity index is 1.18. The summed E-state index contributed by atoms with van der Waals surface area (Å²) in [4.78, 5) is 35.4. The van der Waals surface area contributed by atoms with Crippen LogP contribution in [0.1, 0.15) is 30.9 Å². The molecule has 1 unspecified atom stereocenters. The zero-order valence-corrected chi connectivity index (χ0v) is 20.2. The van der Waals surface area contributed by atoms with Crippen LogP contribution >= 0.6 is 0 Å². The highest BCUT2D eigenvalue weighted by Gasteiger charge is 2.74. The fourth-order valence-corrected chi connectivity index (χ4v) is 4.09. The molecule has 10 nitrogen and oxygen atoms in total. The fraction of sp³-hybridized carbons (Fsp3) is 0.591. The highest BCUT2D eigenvalue weighted by molar-refractivity contribution is 5.76. The van der Waals surface area contributed by atoms with Crippen molar-refractivity contribution in [3.8, 4) is 0 Å². The summed E-state index contributed by atoms with van der Waals surface area (Å²) in [6.07, 6.45) is -2.71. The maximum atomic E-state index is 14.1. The van der Waals surface area contributed by atoms with Crippen molar-refractivity contribution >= 4 is 17.5 Å². The van der Waals surface area contributed by atoms with Gasteiger partial charge in [0.1, 0.15) is 5.56 Å². The summed E-state index contributed by atoms with van der Waals surface area (Å²) < 4.78 is 85.3. The number of carbonyl (C=O) groups excluding carboxylic acids is 1. The van der Waals surface area contributed by atoms with Gasteiger partial charge >= 0.3 is 6.18 Å². The minimum atomic E-state index is -4.86. The van der Waals surface area contributed by atoms with E-state index >= 15 is 0 Å². The van der Waals surface area contributed by atoms with E-state index in [0.717, 1.165) is 18.6 Å². The molecule has 1 aliphatic carbocycles. The quantitative estimate of drug-likeness (QED) is 0.362. The van der Waals surface area contributed by atoms with Crippen LogP contribution in [0.25, 0.3) is 0 Å². The van der Waals surface area contributed by atoms with E-state index in [1.807, 2.05) is 0 Å². The maximum absolute atomic E-state index is 14.1. The largest absolute Gasteiger partial charge is 0.423 e. The first-order chi connectivity index (χ1) is 17.8. The molecule has 3 heterocycles. The van der Waals surface area contributed by atoms with Crippen LogP contribution in [0.5, 0.6) is 0 Å². The molecule has 2 atom stereocenters. The van der Waals surface area contributed by atoms with Gasteiger partial charge in [0.05, 0.1) is 37.9 Å². The zero-order valence-electron chi connectivity index (χ0n) is 20.2. The summed E-state index contributed by atoms with van der Waals surface area (Å²) in [5, 5.41) is 7.69. The van der Waals surface area contributed by atoms with Crippen molar-refractivity contribution in [2.75, 3.05) is 49.6 Å². The number of nitrogens with zero attached hydrogens (tertiary/aromatic N) is 5. The lowest BCUT2D eigenvalue weighted by molar-refractivity contribution is -0.138. The molecular formula is C22H25F6N7O3. The molecule has 0 spiro atoms. The summed E-state index contributed by atoms with van der Waals surface area (Å²) >= 11 is 0. The molecule has 0 radical (unpaired) electrons. The minimum absolute atomic E-state index is 0.0232. The lowest BCUT2D eigenvalue weighted by Crippen LogP contribution is -2.49. The van der Waals surface area contributed by atoms with E-state index in [9.17, 15) is 35.9 Å². The van der Waals surface area contributed by atoms with Gasteiger partial charge in [0.2, 0.25) is 17.5 Å². The maximum Gasteiger partial charge on any atom is 0.423 e. The van der Waals surface area contributed by atoms with Crippen LogP contribution in [0.4, 0.5) is 38.0 Å². The molecule has 1 saturated heterocycles. The monoisotopic (exact) mass is 549 g/mol. The van der Waals surface area contributed by atoms with Gasteiger partial charge in [-0.1, -0.05) is 0 Å². The number of anilines is 2. The first-order valence-corrected chi connectivity index (χ1v) is 11.7. The van der Waals surface area contributed by atoms with Crippen LogP contribution in [0.2, 0.25) is 0 Å². The SMILES string of the molecule is C[C@@H](COCCC(=O)N1CCN(c2ncc(C3(F)CC3(F)F)cn2)CC1)Nc1cn[nH]c(=O)c1C(F)(F)F. The summed E-state index contributed by atoms with van der Waals surface area (Å²) in [6.45, 7) is 3.03. The highest BCUT2D eigenvalue weighted by atomic mass is 19.4. The molecule has 2 aromatic heterocycles. The topological polar surface area (TPSA) is 116 Å². The Morgan fingerprint density at radius 1 is 1.16 bits per heavy atom. The first-order valence-electron chi connectivity index (χ1n) is 11.7. The van der Waals surface area contributed by atoms with Crippen molar-refractivity contribution in [2.45, 2.75) is 43.6 Å². The molecule has 208 valence electrons. The molecule has 1 aliphatic heterocycles. The number of aromatic amines is 1. The van der Waals surface area contributed by atoms with Crippen LogP contribution in [0, 0.1) is 0 Å². The summed E-state index contributed by atoms with van der Waals surface area (Å²) in [5.41, 5.74) is -6.19. The Morgan fingerprint density at radius 2 is 1.79 bits per heavy atom. The molecule has 2 N–H and O–H groups in total. The van der Waals surface area contributed by atoms with Gasteiger partial charge in [-0.15, -0.1) is 0 Å². The molecule has 2 aromatic rings. The van der Waals surface area contributed by atoms with Crippen molar-refractivity contribution in [3.05, 3.63) is 40.1 Å². The van der Waals surface area contributed by atoms with E-state index in [-0.39, 0.29) is 37.1 Å². The van der Waals surface area contributed by atoms with Crippen LogP contribution in [-0.4, -0.2) is 82.3 Å². The number of H-pyrrole nitrogens is 1. The number of alkyl halides is 6. The van der Waals surface area contributed by atoms with Gasteiger partial charge in [-0.05, 0) is 6.92 Å².